The Morgan fingerprint density at radius 2 is 1.36 bits per heavy atom. The van der Waals surface area contributed by atoms with Crippen LogP contribution >= 0.6 is 0 Å². The molecule has 4 amide bonds. The van der Waals surface area contributed by atoms with E-state index in [0.29, 0.717) is 31.0 Å². The molecule has 14 heteroatoms. The minimum absolute atomic E-state index is 0.0922. The van der Waals surface area contributed by atoms with Crippen molar-refractivity contribution in [2.75, 3.05) is 27.3 Å². The molecule has 4 rings (SSSR count). The molecule has 0 unspecified atom stereocenters. The smallest absolute Gasteiger partial charge is 0.407 e. The number of unbranched alkanes of at least 4 members (excludes halogenated alkanes) is 1. The van der Waals surface area contributed by atoms with E-state index in [4.69, 9.17) is 9.47 Å². The molecule has 0 aromatic carbocycles. The van der Waals surface area contributed by atoms with E-state index in [9.17, 15) is 19.2 Å². The first kappa shape index (κ1) is 35.3. The van der Waals surface area contributed by atoms with Gasteiger partial charge < -0.3 is 39.9 Å². The number of aryl methyl sites for hydroxylation is 1. The molecule has 256 valence electrons. The van der Waals surface area contributed by atoms with Gasteiger partial charge in [-0.05, 0) is 56.3 Å². The zero-order valence-electron chi connectivity index (χ0n) is 28.2. The highest BCUT2D eigenvalue weighted by atomic mass is 16.5. The number of methoxy groups -OCH3 is 2. The number of nitrogens with zero attached hydrogens (tertiary/aromatic N) is 4. The maximum absolute atomic E-state index is 13.4. The Bertz CT molecular complexity index is 1460. The highest BCUT2D eigenvalue weighted by Gasteiger charge is 2.38. The molecule has 0 saturated carbocycles. The average molecular weight is 653 g/mol. The Hall–Kier alpha value is -4.54. The lowest BCUT2D eigenvalue weighted by Crippen LogP contribution is -2.51. The van der Waals surface area contributed by atoms with Crippen molar-refractivity contribution in [2.45, 2.75) is 96.8 Å². The molecule has 14 nitrogen and oxygen atoms in total. The van der Waals surface area contributed by atoms with Crippen LogP contribution in [0.5, 0.6) is 0 Å². The molecule has 2 aromatic heterocycles. The number of imidazole rings is 2. The van der Waals surface area contributed by atoms with Gasteiger partial charge in [0, 0.05) is 31.4 Å². The lowest BCUT2D eigenvalue weighted by Gasteiger charge is -2.30. The van der Waals surface area contributed by atoms with Gasteiger partial charge in [-0.3, -0.25) is 9.59 Å². The molecule has 0 spiro atoms. The first-order valence-corrected chi connectivity index (χ1v) is 16.4. The number of aromatic nitrogens is 4. The third-order valence-electron chi connectivity index (χ3n) is 8.70. The Kier molecular flexibility index (Phi) is 12.3. The fraction of sp³-hybridized carbons (Fsp3) is 0.636. The molecule has 2 fully saturated rings. The van der Waals surface area contributed by atoms with Gasteiger partial charge in [-0.15, -0.1) is 0 Å². The van der Waals surface area contributed by atoms with Crippen LogP contribution in [0.25, 0.3) is 0 Å². The summed E-state index contributed by atoms with van der Waals surface area (Å²) in [6, 6.07) is -1.73. The number of carbonyl (C=O) groups excluding carboxylic acids is 4. The van der Waals surface area contributed by atoms with Crippen LogP contribution in [-0.4, -0.2) is 93.1 Å². The highest BCUT2D eigenvalue weighted by Crippen LogP contribution is 2.32. The summed E-state index contributed by atoms with van der Waals surface area (Å²) in [5.41, 5.74) is 1.66. The first-order chi connectivity index (χ1) is 22.5. The van der Waals surface area contributed by atoms with E-state index in [1.807, 2.05) is 33.9 Å². The predicted molar refractivity (Wildman–Crippen MR) is 173 cm³/mol. The predicted octanol–water partition coefficient (Wildman–Crippen LogP) is 3.60. The third kappa shape index (κ3) is 8.84. The first-order valence-electron chi connectivity index (χ1n) is 16.4. The molecule has 2 saturated heterocycles. The molecular formula is C33H48N8O6. The van der Waals surface area contributed by atoms with Crippen molar-refractivity contribution in [3.8, 4) is 11.8 Å². The van der Waals surface area contributed by atoms with Gasteiger partial charge in [0.15, 0.2) is 0 Å². The number of ether oxygens (including phenoxy) is 2. The second kappa shape index (κ2) is 16.3. The number of carbonyl (C=O) groups is 4. The second-order valence-corrected chi connectivity index (χ2v) is 12.7. The summed E-state index contributed by atoms with van der Waals surface area (Å²) in [6.45, 7) is 8.76. The Morgan fingerprint density at radius 3 is 1.87 bits per heavy atom. The molecule has 4 atom stereocenters. The van der Waals surface area contributed by atoms with Gasteiger partial charge in [0.1, 0.15) is 29.4 Å². The molecule has 2 aromatic rings. The zero-order valence-corrected chi connectivity index (χ0v) is 28.2. The van der Waals surface area contributed by atoms with Crippen LogP contribution in [-0.2, 0) is 25.5 Å². The van der Waals surface area contributed by atoms with Crippen molar-refractivity contribution in [1.82, 2.24) is 40.4 Å². The molecule has 2 aliphatic rings. The van der Waals surface area contributed by atoms with Gasteiger partial charge in [-0.2, -0.15) is 0 Å². The monoisotopic (exact) mass is 652 g/mol. The molecule has 4 N–H and O–H groups in total. The van der Waals surface area contributed by atoms with Crippen LogP contribution in [0.4, 0.5) is 9.59 Å². The number of alkyl carbamates (subject to hydrolysis) is 2. The summed E-state index contributed by atoms with van der Waals surface area (Å²) in [5, 5.41) is 5.34. The Balaban J connectivity index is 1.30. The fourth-order valence-electron chi connectivity index (χ4n) is 6.15. The molecule has 0 bridgehead atoms. The quantitative estimate of drug-likeness (QED) is 0.210. The van der Waals surface area contributed by atoms with Gasteiger partial charge in [0.25, 0.3) is 0 Å². The average Bonchev–Trinajstić information content (AvgIpc) is 3.87. The van der Waals surface area contributed by atoms with E-state index < -0.39 is 24.3 Å². The molecule has 2 aliphatic heterocycles. The summed E-state index contributed by atoms with van der Waals surface area (Å²) in [4.78, 5) is 69.7. The van der Waals surface area contributed by atoms with E-state index >= 15 is 0 Å². The van der Waals surface area contributed by atoms with Gasteiger partial charge in [0.05, 0.1) is 32.5 Å². The molecular weight excluding hydrogens is 604 g/mol. The minimum Gasteiger partial charge on any atom is -0.453 e. The third-order valence-corrected chi connectivity index (χ3v) is 8.70. The van der Waals surface area contributed by atoms with Crippen molar-refractivity contribution < 1.29 is 28.7 Å². The van der Waals surface area contributed by atoms with Crippen LogP contribution in [0.15, 0.2) is 12.4 Å². The summed E-state index contributed by atoms with van der Waals surface area (Å²) < 4.78 is 9.43. The summed E-state index contributed by atoms with van der Waals surface area (Å²) in [7, 11) is 2.56. The summed E-state index contributed by atoms with van der Waals surface area (Å²) in [5.74, 6) is 7.31. The number of hydrogen-bond acceptors (Lipinski definition) is 8. The van der Waals surface area contributed by atoms with E-state index in [-0.39, 0.29) is 35.7 Å². The number of hydrogen-bond donors (Lipinski definition) is 4. The molecule has 47 heavy (non-hydrogen) atoms. The van der Waals surface area contributed by atoms with Crippen molar-refractivity contribution in [1.29, 1.82) is 0 Å². The maximum atomic E-state index is 13.4. The van der Waals surface area contributed by atoms with Crippen molar-refractivity contribution in [3.63, 3.8) is 0 Å². The number of rotatable bonds is 11. The van der Waals surface area contributed by atoms with Gasteiger partial charge in [-0.25, -0.2) is 19.6 Å². The SMILES string of the molecule is COC(=O)N[C@H](C(=O)N1CCC[C@H]1c1ncc(C#CCCCc2cnc([C@@H]3CCCN3C(=O)[C@@H](NC(=O)OC)C(C)C)[nH]2)[nH]1)C(C)C. The molecule has 0 aliphatic carbocycles. The van der Waals surface area contributed by atoms with Crippen LogP contribution in [0.3, 0.4) is 0 Å². The molecule has 4 heterocycles. The van der Waals surface area contributed by atoms with E-state index in [0.717, 1.165) is 50.0 Å². The summed E-state index contributed by atoms with van der Waals surface area (Å²) >= 11 is 0. The van der Waals surface area contributed by atoms with Crippen LogP contribution in [0.2, 0.25) is 0 Å². The second-order valence-electron chi connectivity index (χ2n) is 12.7. The van der Waals surface area contributed by atoms with Crippen molar-refractivity contribution in [2.24, 2.45) is 11.8 Å². The van der Waals surface area contributed by atoms with E-state index in [1.54, 1.807) is 16.0 Å². The fourth-order valence-corrected chi connectivity index (χ4v) is 6.15. The standard InChI is InChI=1S/C33H48N8O6/c1-20(2)26(38-32(44)46-5)30(42)40-16-10-14-24(40)28-34-18-22(36-28)12-8-7-9-13-23-19-35-29(37-23)25-15-11-17-41(25)31(43)27(21(3)4)39-33(45)47-6/h18-21,24-27H,7-8,10-12,14-17H2,1-6H3,(H,34,36)(H,35,37)(H,38,44)(H,39,45)/t24-,25-,26-,27-/m0/s1. The van der Waals surface area contributed by atoms with Crippen molar-refractivity contribution in [3.05, 3.63) is 35.4 Å². The number of H-pyrrole nitrogens is 2. The Morgan fingerprint density at radius 1 is 0.851 bits per heavy atom. The topological polar surface area (TPSA) is 175 Å². The summed E-state index contributed by atoms with van der Waals surface area (Å²) in [6.07, 6.45) is 7.77. The van der Waals surface area contributed by atoms with Crippen LogP contribution in [0, 0.1) is 23.7 Å². The lowest BCUT2D eigenvalue weighted by molar-refractivity contribution is -0.136. The Labute approximate surface area is 276 Å². The molecule has 0 radical (unpaired) electrons. The maximum Gasteiger partial charge on any atom is 0.407 e. The van der Waals surface area contributed by atoms with Gasteiger partial charge >= 0.3 is 12.2 Å². The lowest BCUT2D eigenvalue weighted by atomic mass is 10.0. The van der Waals surface area contributed by atoms with E-state index in [2.05, 4.69) is 42.4 Å². The van der Waals surface area contributed by atoms with Gasteiger partial charge in [0.2, 0.25) is 11.8 Å². The highest BCUT2D eigenvalue weighted by molar-refractivity contribution is 5.87. The number of aromatic amines is 2. The number of nitrogens with one attached hydrogen (secondary N) is 4. The zero-order chi connectivity index (χ0) is 34.1. The van der Waals surface area contributed by atoms with Crippen LogP contribution in [0.1, 0.15) is 101 Å². The van der Waals surface area contributed by atoms with Crippen LogP contribution < -0.4 is 10.6 Å². The normalized spacial score (nSPS) is 18.9. The minimum atomic E-state index is -0.685. The van der Waals surface area contributed by atoms with Crippen molar-refractivity contribution >= 4 is 24.0 Å². The van der Waals surface area contributed by atoms with Gasteiger partial charge in [-0.1, -0.05) is 33.6 Å². The van der Waals surface area contributed by atoms with E-state index in [1.165, 1.54) is 14.2 Å². The largest absolute Gasteiger partial charge is 0.453 e. The number of amides is 4. The number of likely N-dealkylation sites (tertiary alicyclic amines) is 2.